The van der Waals surface area contributed by atoms with Gasteiger partial charge in [0, 0.05) is 37.7 Å². The summed E-state index contributed by atoms with van der Waals surface area (Å²) in [6, 6.07) is 0. The molecule has 0 aliphatic carbocycles. The zero-order valence-corrected chi connectivity index (χ0v) is 19.5. The van der Waals surface area contributed by atoms with E-state index in [-0.39, 0.29) is 11.7 Å². The Morgan fingerprint density at radius 1 is 1.16 bits per heavy atom. The second-order valence-corrected chi connectivity index (χ2v) is 9.47. The van der Waals surface area contributed by atoms with Crippen molar-refractivity contribution in [2.75, 3.05) is 71.8 Å². The third-order valence-corrected chi connectivity index (χ3v) is 4.91. The fourth-order valence-corrected chi connectivity index (χ4v) is 2.93. The lowest BCUT2D eigenvalue weighted by atomic mass is 10.3. The molecule has 1 amide bonds. The largest absolute Gasteiger partial charge is 0.377 e. The molecule has 1 heterocycles. The molecule has 0 fully saturated rings. The number of nitrogens with one attached hydrogen (secondary N) is 1. The number of hydrogen-bond donors (Lipinski definition) is 1. The van der Waals surface area contributed by atoms with Gasteiger partial charge < -0.3 is 19.5 Å². The third kappa shape index (κ3) is 14.7. The molecule has 12 heteroatoms. The molecular formula is C19H35N5O6S. The van der Waals surface area contributed by atoms with Crippen LogP contribution in [0.2, 0.25) is 0 Å². The molecule has 0 spiro atoms. The Morgan fingerprint density at radius 2 is 1.77 bits per heavy atom. The van der Waals surface area contributed by atoms with Gasteiger partial charge in [0.1, 0.15) is 9.84 Å². The van der Waals surface area contributed by atoms with Crippen molar-refractivity contribution >= 4 is 15.7 Å². The molecule has 0 bridgehead atoms. The average molecular weight is 462 g/mol. The Morgan fingerprint density at radius 3 is 2.39 bits per heavy atom. The van der Waals surface area contributed by atoms with E-state index in [9.17, 15) is 13.2 Å². The molecular weight excluding hydrogens is 426 g/mol. The van der Waals surface area contributed by atoms with Crippen molar-refractivity contribution in [1.82, 2.24) is 25.2 Å². The molecule has 1 aromatic rings. The lowest BCUT2D eigenvalue weighted by molar-refractivity contribution is -0.117. The number of ether oxygens (including phenoxy) is 3. The van der Waals surface area contributed by atoms with Crippen LogP contribution in [0.4, 0.5) is 0 Å². The summed E-state index contributed by atoms with van der Waals surface area (Å²) >= 11 is 0. The SMILES string of the molecule is C=C(C)C(=O)NCCOCCOCCOCCn1cc(CN(C)CCS(C)(=O)=O)nn1. The first-order valence-corrected chi connectivity index (χ1v) is 12.2. The standard InChI is InChI=1S/C19H35N5O6S/c1-17(2)19(25)20-5-8-28-10-12-30-13-11-29-9-6-24-16-18(21-22-24)15-23(3)7-14-31(4,26)27/h16H,1,5-15H2,2-4H3,(H,20,25). The van der Waals surface area contributed by atoms with Crippen LogP contribution < -0.4 is 5.32 Å². The molecule has 0 saturated heterocycles. The van der Waals surface area contributed by atoms with Gasteiger partial charge in [-0.15, -0.1) is 5.10 Å². The number of aromatic nitrogens is 3. The Balaban J connectivity index is 1.98. The van der Waals surface area contributed by atoms with E-state index < -0.39 is 9.84 Å². The highest BCUT2D eigenvalue weighted by Gasteiger charge is 2.08. The topological polar surface area (TPSA) is 125 Å². The summed E-state index contributed by atoms with van der Waals surface area (Å²) in [6.07, 6.45) is 3.05. The molecule has 1 rings (SSSR count). The van der Waals surface area contributed by atoms with Gasteiger partial charge in [0.25, 0.3) is 0 Å². The maximum Gasteiger partial charge on any atom is 0.246 e. The second-order valence-electron chi connectivity index (χ2n) is 7.21. The number of amides is 1. The van der Waals surface area contributed by atoms with Crippen molar-refractivity contribution in [3.8, 4) is 0 Å². The van der Waals surface area contributed by atoms with Crippen molar-refractivity contribution in [3.05, 3.63) is 24.0 Å². The van der Waals surface area contributed by atoms with Gasteiger partial charge in [0.05, 0.1) is 57.6 Å². The smallest absolute Gasteiger partial charge is 0.246 e. The predicted octanol–water partition coefficient (Wildman–Crippen LogP) is -0.503. The molecule has 11 nitrogen and oxygen atoms in total. The lowest BCUT2D eigenvalue weighted by Gasteiger charge is -2.13. The summed E-state index contributed by atoms with van der Waals surface area (Å²) in [4.78, 5) is 13.2. The fourth-order valence-electron chi connectivity index (χ4n) is 2.29. The molecule has 0 saturated carbocycles. The van der Waals surface area contributed by atoms with Crippen LogP contribution in [0.3, 0.4) is 0 Å². The number of carbonyl (C=O) groups excluding carboxylic acids is 1. The van der Waals surface area contributed by atoms with Crippen LogP contribution in [0.5, 0.6) is 0 Å². The summed E-state index contributed by atoms with van der Waals surface area (Å²) in [5.74, 6) is -0.0519. The van der Waals surface area contributed by atoms with Gasteiger partial charge in [-0.05, 0) is 14.0 Å². The minimum absolute atomic E-state index is 0.118. The van der Waals surface area contributed by atoms with Gasteiger partial charge in [0.15, 0.2) is 0 Å². The van der Waals surface area contributed by atoms with Crippen LogP contribution in [0.15, 0.2) is 18.3 Å². The molecule has 1 aromatic heterocycles. The molecule has 31 heavy (non-hydrogen) atoms. The summed E-state index contributed by atoms with van der Waals surface area (Å²) in [5.41, 5.74) is 1.25. The van der Waals surface area contributed by atoms with Gasteiger partial charge in [-0.1, -0.05) is 11.8 Å². The van der Waals surface area contributed by atoms with Crippen LogP contribution in [0, 0.1) is 0 Å². The molecule has 0 aliphatic heterocycles. The van der Waals surface area contributed by atoms with Gasteiger partial charge >= 0.3 is 0 Å². The van der Waals surface area contributed by atoms with Crippen LogP contribution >= 0.6 is 0 Å². The van der Waals surface area contributed by atoms with Crippen molar-refractivity contribution < 1.29 is 27.4 Å². The molecule has 0 atom stereocenters. The molecule has 0 aromatic carbocycles. The normalized spacial score (nSPS) is 11.7. The number of nitrogens with zero attached hydrogens (tertiary/aromatic N) is 4. The number of rotatable bonds is 18. The highest BCUT2D eigenvalue weighted by Crippen LogP contribution is 1.99. The highest BCUT2D eigenvalue weighted by molar-refractivity contribution is 7.90. The number of sulfone groups is 1. The molecule has 0 aliphatic rings. The predicted molar refractivity (Wildman–Crippen MR) is 116 cm³/mol. The van der Waals surface area contributed by atoms with Crippen molar-refractivity contribution in [1.29, 1.82) is 0 Å². The van der Waals surface area contributed by atoms with E-state index in [0.29, 0.717) is 71.4 Å². The fraction of sp³-hybridized carbons (Fsp3) is 0.737. The Hall–Kier alpha value is -1.86. The third-order valence-electron chi connectivity index (χ3n) is 3.99. The van der Waals surface area contributed by atoms with Crippen LogP contribution in [0.1, 0.15) is 12.6 Å². The van der Waals surface area contributed by atoms with E-state index in [0.717, 1.165) is 5.69 Å². The Kier molecular flexibility index (Phi) is 13.2. The van der Waals surface area contributed by atoms with Crippen molar-refractivity contribution in [2.24, 2.45) is 0 Å². The van der Waals surface area contributed by atoms with Crippen LogP contribution in [-0.4, -0.2) is 106 Å². The number of carbonyl (C=O) groups is 1. The van der Waals surface area contributed by atoms with Gasteiger partial charge in [-0.3, -0.25) is 9.69 Å². The maximum absolute atomic E-state index is 11.3. The number of hydrogen-bond acceptors (Lipinski definition) is 9. The average Bonchev–Trinajstić information content (AvgIpc) is 3.13. The monoisotopic (exact) mass is 461 g/mol. The summed E-state index contributed by atoms with van der Waals surface area (Å²) < 4.78 is 40.4. The second kappa shape index (κ2) is 15.0. The van der Waals surface area contributed by atoms with E-state index in [2.05, 4.69) is 22.2 Å². The minimum Gasteiger partial charge on any atom is -0.377 e. The van der Waals surface area contributed by atoms with E-state index >= 15 is 0 Å². The maximum atomic E-state index is 11.3. The molecule has 0 unspecified atom stereocenters. The van der Waals surface area contributed by atoms with Crippen LogP contribution in [-0.2, 0) is 41.9 Å². The lowest BCUT2D eigenvalue weighted by Crippen LogP contribution is -2.27. The first-order valence-electron chi connectivity index (χ1n) is 10.1. The summed E-state index contributed by atoms with van der Waals surface area (Å²) in [5, 5.41) is 10.8. The quantitative estimate of drug-likeness (QED) is 0.227. The van der Waals surface area contributed by atoms with Gasteiger partial charge in [-0.2, -0.15) is 0 Å². The molecule has 178 valence electrons. The Bertz CT molecular complexity index is 768. The minimum atomic E-state index is -2.97. The van der Waals surface area contributed by atoms with Gasteiger partial charge in [0.2, 0.25) is 5.91 Å². The highest BCUT2D eigenvalue weighted by atomic mass is 32.2. The Labute approximate surface area is 184 Å². The molecule has 1 N–H and O–H groups in total. The van der Waals surface area contributed by atoms with E-state index in [4.69, 9.17) is 14.2 Å². The van der Waals surface area contributed by atoms with E-state index in [1.807, 2.05) is 18.1 Å². The van der Waals surface area contributed by atoms with Crippen LogP contribution in [0.25, 0.3) is 0 Å². The first kappa shape index (κ1) is 27.2. The van der Waals surface area contributed by atoms with Crippen molar-refractivity contribution in [2.45, 2.75) is 20.0 Å². The van der Waals surface area contributed by atoms with Crippen molar-refractivity contribution in [3.63, 3.8) is 0 Å². The summed E-state index contributed by atoms with van der Waals surface area (Å²) in [6.45, 7) is 9.93. The van der Waals surface area contributed by atoms with Gasteiger partial charge in [-0.25, -0.2) is 13.1 Å². The van der Waals surface area contributed by atoms with E-state index in [1.54, 1.807) is 11.6 Å². The summed E-state index contributed by atoms with van der Waals surface area (Å²) in [7, 11) is -1.13. The first-order chi connectivity index (χ1) is 14.7. The van der Waals surface area contributed by atoms with E-state index in [1.165, 1.54) is 6.26 Å². The zero-order valence-electron chi connectivity index (χ0n) is 18.7. The molecule has 0 radical (unpaired) electrons. The zero-order chi connectivity index (χ0) is 23.1.